The lowest BCUT2D eigenvalue weighted by atomic mass is 10.2. The Bertz CT molecular complexity index is 681. The third-order valence-corrected chi connectivity index (χ3v) is 3.47. The topological polar surface area (TPSA) is 109 Å². The lowest BCUT2D eigenvalue weighted by Gasteiger charge is -2.27. The van der Waals surface area contributed by atoms with Crippen molar-refractivity contribution in [2.45, 2.75) is 0 Å². The van der Waals surface area contributed by atoms with E-state index in [2.05, 4.69) is 26.7 Å². The molecule has 0 aromatic carbocycles. The van der Waals surface area contributed by atoms with Crippen molar-refractivity contribution in [2.75, 3.05) is 36.8 Å². The van der Waals surface area contributed by atoms with Gasteiger partial charge in [-0.15, -0.1) is 15.3 Å². The van der Waals surface area contributed by atoms with Gasteiger partial charge in [0.05, 0.1) is 0 Å². The van der Waals surface area contributed by atoms with Gasteiger partial charge in [-0.3, -0.25) is 0 Å². The van der Waals surface area contributed by atoms with Crippen molar-refractivity contribution in [3.05, 3.63) is 22.8 Å². The Labute approximate surface area is 126 Å². The number of aromatic nitrogens is 4. The van der Waals surface area contributed by atoms with Gasteiger partial charge in [0.15, 0.2) is 16.8 Å². The number of nitrogens with one attached hydrogen (secondary N) is 1. The lowest BCUT2D eigenvalue weighted by molar-refractivity contribution is 0.582. The van der Waals surface area contributed by atoms with Crippen LogP contribution in [-0.4, -0.2) is 46.2 Å². The highest BCUT2D eigenvalue weighted by Gasteiger charge is 2.23. The number of nitrogen functional groups attached to an aromatic ring is 1. The summed E-state index contributed by atoms with van der Waals surface area (Å²) in [7, 11) is 0. The summed E-state index contributed by atoms with van der Waals surface area (Å²) in [6.45, 7) is 3.24. The van der Waals surface area contributed by atoms with Crippen molar-refractivity contribution < 1.29 is 0 Å². The predicted molar refractivity (Wildman–Crippen MR) is 78.4 cm³/mol. The molecule has 0 amide bonds. The predicted octanol–water partition coefficient (Wildman–Crippen LogP) is 0.179. The zero-order valence-corrected chi connectivity index (χ0v) is 11.9. The van der Waals surface area contributed by atoms with Gasteiger partial charge in [0.1, 0.15) is 17.5 Å². The second-order valence-electron chi connectivity index (χ2n) is 4.56. The maximum Gasteiger partial charge on any atom is 0.178 e. The molecule has 9 heteroatoms. The molecule has 1 saturated heterocycles. The molecule has 0 atom stereocenters. The van der Waals surface area contributed by atoms with Gasteiger partial charge in [-0.25, -0.2) is 0 Å². The molecule has 2 aromatic heterocycles. The summed E-state index contributed by atoms with van der Waals surface area (Å²) in [6.07, 6.45) is 0. The van der Waals surface area contributed by atoms with Crippen molar-refractivity contribution in [3.63, 3.8) is 0 Å². The number of anilines is 2. The average Bonchev–Trinajstić information content (AvgIpc) is 2.86. The van der Waals surface area contributed by atoms with Gasteiger partial charge in [0.25, 0.3) is 0 Å². The standard InChI is InChI=1S/C12H13ClN8/c13-9-1-2-10(18-17-9)21-11(15)8(7-14)12(19-21)20-5-3-16-4-6-20/h1-2,16H,3-6,15H2. The monoisotopic (exact) mass is 304 g/mol. The van der Waals surface area contributed by atoms with Crippen LogP contribution in [-0.2, 0) is 0 Å². The van der Waals surface area contributed by atoms with Gasteiger partial charge in [0.2, 0.25) is 0 Å². The van der Waals surface area contributed by atoms with Gasteiger partial charge in [-0.1, -0.05) is 11.6 Å². The van der Waals surface area contributed by atoms with E-state index in [1.165, 1.54) is 4.68 Å². The Hall–Kier alpha value is -2.37. The van der Waals surface area contributed by atoms with E-state index in [0.29, 0.717) is 17.2 Å². The van der Waals surface area contributed by atoms with E-state index in [9.17, 15) is 5.26 Å². The molecule has 1 aliphatic rings. The SMILES string of the molecule is N#Cc1c(N2CCNCC2)nn(-c2ccc(Cl)nn2)c1N. The molecule has 1 fully saturated rings. The second-order valence-corrected chi connectivity index (χ2v) is 4.95. The van der Waals surface area contributed by atoms with Crippen LogP contribution in [0.15, 0.2) is 12.1 Å². The molecule has 0 unspecified atom stereocenters. The van der Waals surface area contributed by atoms with Crippen molar-refractivity contribution in [3.8, 4) is 11.9 Å². The minimum absolute atomic E-state index is 0.252. The third kappa shape index (κ3) is 2.49. The summed E-state index contributed by atoms with van der Waals surface area (Å²) in [5, 5.41) is 25.0. The Morgan fingerprint density at radius 1 is 1.29 bits per heavy atom. The van der Waals surface area contributed by atoms with Crippen molar-refractivity contribution >= 4 is 23.2 Å². The number of rotatable bonds is 2. The van der Waals surface area contributed by atoms with Crippen LogP contribution in [0.1, 0.15) is 5.56 Å². The molecule has 0 radical (unpaired) electrons. The zero-order chi connectivity index (χ0) is 14.8. The first kappa shape index (κ1) is 13.6. The fourth-order valence-electron chi connectivity index (χ4n) is 2.22. The Morgan fingerprint density at radius 3 is 2.67 bits per heavy atom. The quantitative estimate of drug-likeness (QED) is 0.814. The van der Waals surface area contributed by atoms with E-state index >= 15 is 0 Å². The van der Waals surface area contributed by atoms with Crippen molar-refractivity contribution in [2.24, 2.45) is 0 Å². The average molecular weight is 305 g/mol. The van der Waals surface area contributed by atoms with Gasteiger partial charge >= 0.3 is 0 Å². The number of nitrogens with two attached hydrogens (primary N) is 1. The van der Waals surface area contributed by atoms with Crippen molar-refractivity contribution in [1.82, 2.24) is 25.3 Å². The van der Waals surface area contributed by atoms with Crippen molar-refractivity contribution in [1.29, 1.82) is 5.26 Å². The number of nitrogens with zero attached hydrogens (tertiary/aromatic N) is 6. The van der Waals surface area contributed by atoms with Crippen LogP contribution >= 0.6 is 11.6 Å². The molecule has 21 heavy (non-hydrogen) atoms. The highest BCUT2D eigenvalue weighted by Crippen LogP contribution is 2.26. The van der Waals surface area contributed by atoms with Crippen LogP contribution < -0.4 is 16.0 Å². The fourth-order valence-corrected chi connectivity index (χ4v) is 2.32. The molecular weight excluding hydrogens is 292 g/mol. The van der Waals surface area contributed by atoms with Crippen LogP contribution in [0.4, 0.5) is 11.6 Å². The van der Waals surface area contributed by atoms with E-state index in [-0.39, 0.29) is 11.0 Å². The molecule has 8 nitrogen and oxygen atoms in total. The Balaban J connectivity index is 2.04. The first-order valence-electron chi connectivity index (χ1n) is 6.44. The smallest absolute Gasteiger partial charge is 0.178 e. The first-order chi connectivity index (χ1) is 10.2. The van der Waals surface area contributed by atoms with Crippen LogP contribution in [0.25, 0.3) is 5.82 Å². The molecule has 3 rings (SSSR count). The molecule has 1 aliphatic heterocycles. The summed E-state index contributed by atoms with van der Waals surface area (Å²) in [4.78, 5) is 2.03. The minimum Gasteiger partial charge on any atom is -0.382 e. The number of hydrogen-bond acceptors (Lipinski definition) is 7. The van der Waals surface area contributed by atoms with Crippen LogP contribution in [0.3, 0.4) is 0 Å². The van der Waals surface area contributed by atoms with Crippen LogP contribution in [0.5, 0.6) is 0 Å². The van der Waals surface area contributed by atoms with E-state index in [0.717, 1.165) is 26.2 Å². The molecule has 3 N–H and O–H groups in total. The van der Waals surface area contributed by atoms with Crippen LogP contribution in [0, 0.1) is 11.3 Å². The number of halogens is 1. The normalized spacial score (nSPS) is 15.0. The molecule has 0 bridgehead atoms. The molecule has 3 heterocycles. The molecular formula is C12H13ClN8. The summed E-state index contributed by atoms with van der Waals surface area (Å²) >= 11 is 5.72. The number of piperazine rings is 1. The largest absolute Gasteiger partial charge is 0.382 e. The van der Waals surface area contributed by atoms with Gasteiger partial charge in [-0.2, -0.15) is 9.94 Å². The van der Waals surface area contributed by atoms with E-state index in [4.69, 9.17) is 17.3 Å². The molecule has 2 aromatic rings. The number of nitriles is 1. The summed E-state index contributed by atoms with van der Waals surface area (Å²) in [5.74, 6) is 1.26. The zero-order valence-electron chi connectivity index (χ0n) is 11.1. The Morgan fingerprint density at radius 2 is 2.05 bits per heavy atom. The summed E-state index contributed by atoms with van der Waals surface area (Å²) in [5.41, 5.74) is 6.38. The third-order valence-electron chi connectivity index (χ3n) is 3.27. The fraction of sp³-hybridized carbons (Fsp3) is 0.333. The lowest BCUT2D eigenvalue weighted by Crippen LogP contribution is -2.44. The van der Waals surface area contributed by atoms with Gasteiger partial charge < -0.3 is 16.0 Å². The highest BCUT2D eigenvalue weighted by molar-refractivity contribution is 6.29. The van der Waals surface area contributed by atoms with Gasteiger partial charge in [-0.05, 0) is 12.1 Å². The maximum atomic E-state index is 9.35. The molecule has 108 valence electrons. The molecule has 0 saturated carbocycles. The molecule has 0 aliphatic carbocycles. The van der Waals surface area contributed by atoms with Gasteiger partial charge in [0, 0.05) is 26.2 Å². The Kier molecular flexibility index (Phi) is 3.60. The summed E-state index contributed by atoms with van der Waals surface area (Å²) in [6, 6.07) is 5.37. The minimum atomic E-state index is 0.252. The first-order valence-corrected chi connectivity index (χ1v) is 6.82. The summed E-state index contributed by atoms with van der Waals surface area (Å²) < 4.78 is 1.42. The number of hydrogen-bond donors (Lipinski definition) is 2. The molecule has 0 spiro atoms. The van der Waals surface area contributed by atoms with E-state index in [1.54, 1.807) is 12.1 Å². The van der Waals surface area contributed by atoms with E-state index < -0.39 is 0 Å². The highest BCUT2D eigenvalue weighted by atomic mass is 35.5. The van der Waals surface area contributed by atoms with Crippen LogP contribution in [0.2, 0.25) is 5.15 Å². The maximum absolute atomic E-state index is 9.35. The second kappa shape index (κ2) is 5.55. The van der Waals surface area contributed by atoms with E-state index in [1.807, 2.05) is 4.90 Å².